The molecule has 1 fully saturated rings. The number of carbonyl (C=O) groups is 1. The van der Waals surface area contributed by atoms with E-state index in [4.69, 9.17) is 9.47 Å². The Balaban J connectivity index is 1.63. The largest absolute Gasteiger partial charge is 0.467 e. The van der Waals surface area contributed by atoms with Gasteiger partial charge in [-0.15, -0.1) is 0 Å². The van der Waals surface area contributed by atoms with Crippen molar-refractivity contribution in [2.75, 3.05) is 43.6 Å². The highest BCUT2D eigenvalue weighted by Gasteiger charge is 2.17. The molecule has 0 saturated carbocycles. The van der Waals surface area contributed by atoms with Crippen molar-refractivity contribution >= 4 is 17.7 Å². The fourth-order valence-electron chi connectivity index (χ4n) is 2.47. The van der Waals surface area contributed by atoms with E-state index in [0.29, 0.717) is 49.3 Å². The molecule has 0 aliphatic carbocycles. The Morgan fingerprint density at radius 3 is 2.78 bits per heavy atom. The van der Waals surface area contributed by atoms with Gasteiger partial charge >= 0.3 is 12.0 Å². The molecule has 144 valence electrons. The Morgan fingerprint density at radius 2 is 2.07 bits per heavy atom. The van der Waals surface area contributed by atoms with Crippen LogP contribution in [0.1, 0.15) is 11.4 Å². The second kappa shape index (κ2) is 8.58. The van der Waals surface area contributed by atoms with Crippen molar-refractivity contribution < 1.29 is 18.7 Å². The average Bonchev–Trinajstić information content (AvgIpc) is 2.69. The number of aromatic nitrogens is 3. The smallest absolute Gasteiger partial charge is 0.321 e. The zero-order valence-corrected chi connectivity index (χ0v) is 15.2. The van der Waals surface area contributed by atoms with Gasteiger partial charge in [0.05, 0.1) is 26.9 Å². The van der Waals surface area contributed by atoms with E-state index in [1.807, 2.05) is 4.90 Å². The van der Waals surface area contributed by atoms with Crippen molar-refractivity contribution in [1.82, 2.24) is 20.3 Å². The highest BCUT2D eigenvalue weighted by Crippen LogP contribution is 2.15. The molecule has 1 aliphatic heterocycles. The molecule has 27 heavy (non-hydrogen) atoms. The second-order valence-electron chi connectivity index (χ2n) is 5.91. The maximum atomic E-state index is 13.6. The highest BCUT2D eigenvalue weighted by molar-refractivity contribution is 5.89. The number of amides is 2. The van der Waals surface area contributed by atoms with Crippen LogP contribution in [0.3, 0.4) is 0 Å². The molecular weight excluding hydrogens is 355 g/mol. The zero-order chi connectivity index (χ0) is 19.2. The summed E-state index contributed by atoms with van der Waals surface area (Å²) in [7, 11) is 1.47. The summed E-state index contributed by atoms with van der Waals surface area (Å²) in [6.07, 6.45) is 0. The number of nitrogens with one attached hydrogen (secondary N) is 2. The number of nitrogens with zero attached hydrogens (tertiary/aromatic N) is 4. The molecule has 0 radical (unpaired) electrons. The number of rotatable bonds is 5. The molecule has 2 heterocycles. The molecule has 1 aromatic carbocycles. The third kappa shape index (κ3) is 5.00. The van der Waals surface area contributed by atoms with Crippen molar-refractivity contribution in [3.05, 3.63) is 35.4 Å². The van der Waals surface area contributed by atoms with Crippen LogP contribution in [0.15, 0.2) is 18.2 Å². The van der Waals surface area contributed by atoms with Gasteiger partial charge in [0.2, 0.25) is 5.95 Å². The number of urea groups is 1. The number of hydrogen-bond donors (Lipinski definition) is 2. The van der Waals surface area contributed by atoms with E-state index in [0.717, 1.165) is 0 Å². The van der Waals surface area contributed by atoms with Crippen LogP contribution in [0.25, 0.3) is 0 Å². The van der Waals surface area contributed by atoms with E-state index >= 15 is 0 Å². The van der Waals surface area contributed by atoms with Crippen LogP contribution in [0.4, 0.5) is 20.8 Å². The predicted molar refractivity (Wildman–Crippen MR) is 96.4 cm³/mol. The Labute approximate surface area is 155 Å². The van der Waals surface area contributed by atoms with Gasteiger partial charge in [-0.25, -0.2) is 9.18 Å². The number of ether oxygens (including phenoxy) is 2. The predicted octanol–water partition coefficient (Wildman–Crippen LogP) is 1.49. The van der Waals surface area contributed by atoms with Gasteiger partial charge in [0.1, 0.15) is 5.82 Å². The Kier molecular flexibility index (Phi) is 5.97. The molecular formula is C17H21FN6O3. The number of aryl methyl sites for hydroxylation is 1. The van der Waals surface area contributed by atoms with Gasteiger partial charge in [-0.3, -0.25) is 0 Å². The average molecular weight is 376 g/mol. The van der Waals surface area contributed by atoms with E-state index < -0.39 is 6.03 Å². The number of morpholine rings is 1. The summed E-state index contributed by atoms with van der Waals surface area (Å²) >= 11 is 0. The fourth-order valence-corrected chi connectivity index (χ4v) is 2.47. The third-order valence-electron chi connectivity index (χ3n) is 3.96. The molecule has 2 N–H and O–H groups in total. The summed E-state index contributed by atoms with van der Waals surface area (Å²) < 4.78 is 24.0. The van der Waals surface area contributed by atoms with Crippen LogP contribution in [0.2, 0.25) is 0 Å². The molecule has 3 rings (SSSR count). The van der Waals surface area contributed by atoms with Crippen molar-refractivity contribution in [2.24, 2.45) is 0 Å². The van der Waals surface area contributed by atoms with Crippen LogP contribution < -0.4 is 20.3 Å². The lowest BCUT2D eigenvalue weighted by Gasteiger charge is -2.26. The van der Waals surface area contributed by atoms with Crippen molar-refractivity contribution in [2.45, 2.75) is 13.5 Å². The Hall–Kier alpha value is -3.01. The molecule has 1 aliphatic rings. The fraction of sp³-hybridized carbons (Fsp3) is 0.412. The SMILES string of the molecule is COc1nc(CNC(=O)Nc2ccc(C)c(F)c2)nc(N2CCOCC2)n1. The summed E-state index contributed by atoms with van der Waals surface area (Å²) in [6.45, 7) is 4.24. The first-order valence-corrected chi connectivity index (χ1v) is 8.48. The second-order valence-corrected chi connectivity index (χ2v) is 5.91. The first-order chi connectivity index (χ1) is 13.0. The number of methoxy groups -OCH3 is 1. The lowest BCUT2D eigenvalue weighted by molar-refractivity contribution is 0.122. The van der Waals surface area contributed by atoms with Crippen LogP contribution in [0.5, 0.6) is 6.01 Å². The maximum absolute atomic E-state index is 13.6. The van der Waals surface area contributed by atoms with E-state index in [-0.39, 0.29) is 18.4 Å². The molecule has 1 aromatic heterocycles. The van der Waals surface area contributed by atoms with Gasteiger partial charge in [-0.2, -0.15) is 15.0 Å². The van der Waals surface area contributed by atoms with Gasteiger partial charge < -0.3 is 25.0 Å². The van der Waals surface area contributed by atoms with Crippen LogP contribution in [-0.4, -0.2) is 54.4 Å². The van der Waals surface area contributed by atoms with Gasteiger partial charge in [0.25, 0.3) is 0 Å². The Bertz CT molecular complexity index is 813. The summed E-state index contributed by atoms with van der Waals surface area (Å²) in [5.74, 6) is 0.446. The quantitative estimate of drug-likeness (QED) is 0.815. The standard InChI is InChI=1S/C17H21FN6O3/c1-11-3-4-12(9-13(11)18)20-16(25)19-10-14-21-15(23-17(22-14)26-2)24-5-7-27-8-6-24/h3-4,9H,5-8,10H2,1-2H3,(H2,19,20,25). The number of carbonyl (C=O) groups excluding carboxylic acids is 1. The van der Waals surface area contributed by atoms with E-state index in [1.165, 1.54) is 13.2 Å². The molecule has 0 unspecified atom stereocenters. The summed E-state index contributed by atoms with van der Waals surface area (Å²) in [4.78, 5) is 26.8. The third-order valence-corrected chi connectivity index (χ3v) is 3.96. The number of halogens is 1. The van der Waals surface area contributed by atoms with Gasteiger partial charge in [0.15, 0.2) is 5.82 Å². The van der Waals surface area contributed by atoms with Crippen LogP contribution >= 0.6 is 0 Å². The molecule has 2 amide bonds. The number of anilines is 2. The van der Waals surface area contributed by atoms with Crippen molar-refractivity contribution in [3.63, 3.8) is 0 Å². The maximum Gasteiger partial charge on any atom is 0.321 e. The monoisotopic (exact) mass is 376 g/mol. The molecule has 9 nitrogen and oxygen atoms in total. The number of benzene rings is 1. The number of hydrogen-bond acceptors (Lipinski definition) is 7. The topological polar surface area (TPSA) is 102 Å². The highest BCUT2D eigenvalue weighted by atomic mass is 19.1. The minimum atomic E-state index is -0.495. The molecule has 2 aromatic rings. The minimum absolute atomic E-state index is 0.0659. The summed E-state index contributed by atoms with van der Waals surface area (Å²) in [6, 6.07) is 4.16. The normalized spacial score (nSPS) is 14.0. The van der Waals surface area contributed by atoms with Gasteiger partial charge in [0, 0.05) is 18.8 Å². The minimum Gasteiger partial charge on any atom is -0.467 e. The first-order valence-electron chi connectivity index (χ1n) is 8.48. The Morgan fingerprint density at radius 1 is 1.30 bits per heavy atom. The lowest BCUT2D eigenvalue weighted by Crippen LogP contribution is -2.38. The van der Waals surface area contributed by atoms with Crippen LogP contribution in [-0.2, 0) is 11.3 Å². The first kappa shape index (κ1) is 18.8. The van der Waals surface area contributed by atoms with E-state index in [9.17, 15) is 9.18 Å². The molecule has 0 atom stereocenters. The molecule has 1 saturated heterocycles. The summed E-state index contributed by atoms with van der Waals surface area (Å²) in [5.41, 5.74) is 0.867. The molecule has 10 heteroatoms. The van der Waals surface area contributed by atoms with Crippen LogP contribution in [0, 0.1) is 12.7 Å². The summed E-state index contributed by atoms with van der Waals surface area (Å²) in [5, 5.41) is 5.21. The van der Waals surface area contributed by atoms with E-state index in [2.05, 4.69) is 25.6 Å². The zero-order valence-electron chi connectivity index (χ0n) is 15.2. The molecule has 0 bridgehead atoms. The molecule has 0 spiro atoms. The van der Waals surface area contributed by atoms with Crippen molar-refractivity contribution in [1.29, 1.82) is 0 Å². The van der Waals surface area contributed by atoms with Crippen molar-refractivity contribution in [3.8, 4) is 6.01 Å². The van der Waals surface area contributed by atoms with E-state index in [1.54, 1.807) is 19.1 Å². The van der Waals surface area contributed by atoms with Gasteiger partial charge in [-0.1, -0.05) is 6.07 Å². The van der Waals surface area contributed by atoms with Gasteiger partial charge in [-0.05, 0) is 24.6 Å². The lowest BCUT2D eigenvalue weighted by atomic mass is 10.2.